The molecule has 0 unspecified atom stereocenters. The quantitative estimate of drug-likeness (QED) is 0.618. The van der Waals surface area contributed by atoms with Crippen LogP contribution in [0.2, 0.25) is 0 Å². The van der Waals surface area contributed by atoms with Crippen molar-refractivity contribution in [1.29, 1.82) is 0 Å². The molecule has 3 N–H and O–H groups in total. The molecule has 156 valence electrons. The Morgan fingerprint density at radius 2 is 1.66 bits per heavy atom. The summed E-state index contributed by atoms with van der Waals surface area (Å²) in [6, 6.07) is 7.28. The molecule has 0 aliphatic rings. The summed E-state index contributed by atoms with van der Waals surface area (Å²) in [5, 5.41) is 5.67. The second-order valence-corrected chi connectivity index (χ2v) is 7.60. The van der Waals surface area contributed by atoms with Crippen molar-refractivity contribution in [3.05, 3.63) is 52.3 Å². The van der Waals surface area contributed by atoms with Crippen LogP contribution in [0.15, 0.2) is 24.3 Å². The smallest absolute Gasteiger partial charge is 0.340 e. The van der Waals surface area contributed by atoms with E-state index in [1.165, 1.54) is 0 Å². The lowest BCUT2D eigenvalue weighted by Crippen LogP contribution is -2.24. The van der Waals surface area contributed by atoms with Gasteiger partial charge in [-0.3, -0.25) is 9.59 Å². The van der Waals surface area contributed by atoms with Crippen LogP contribution in [0.4, 0.5) is 5.69 Å². The number of anilines is 1. The number of amides is 2. The van der Waals surface area contributed by atoms with Gasteiger partial charge >= 0.3 is 5.97 Å². The molecule has 0 spiro atoms. The number of carbonyl (C=O) groups excluding carboxylic acids is 3. The summed E-state index contributed by atoms with van der Waals surface area (Å²) in [7, 11) is 0. The molecule has 0 aliphatic carbocycles. The number of hydrogen-bond donors (Lipinski definition) is 3. The maximum absolute atomic E-state index is 12.6. The Labute approximate surface area is 171 Å². The number of nitrogens with one attached hydrogen (secondary N) is 3. The Hall–Kier alpha value is -3.09. The highest BCUT2D eigenvalue weighted by Crippen LogP contribution is 2.20. The van der Waals surface area contributed by atoms with Crippen LogP contribution in [0.1, 0.15) is 65.4 Å². The maximum atomic E-state index is 12.6. The Morgan fingerprint density at radius 1 is 1.03 bits per heavy atom. The molecule has 7 heteroatoms. The van der Waals surface area contributed by atoms with Gasteiger partial charge in [0.05, 0.1) is 11.7 Å². The van der Waals surface area contributed by atoms with Crippen molar-refractivity contribution >= 4 is 23.5 Å². The normalized spacial score (nSPS) is 10.9. The minimum atomic E-state index is -0.440. The van der Waals surface area contributed by atoms with Gasteiger partial charge in [-0.2, -0.15) is 0 Å². The van der Waals surface area contributed by atoms with Gasteiger partial charge in [0.1, 0.15) is 5.69 Å². The van der Waals surface area contributed by atoms with Crippen LogP contribution in [0.3, 0.4) is 0 Å². The summed E-state index contributed by atoms with van der Waals surface area (Å²) in [5.41, 5.74) is 3.51. The lowest BCUT2D eigenvalue weighted by molar-refractivity contribution is -0.118. The molecule has 0 aliphatic heterocycles. The SMILES string of the molecule is Cc1[nH]c(C(=O)NCc2ccc(NC(=O)C(C)C)cc2)c(C)c1C(=O)OC(C)C. The molecule has 0 fully saturated rings. The molecule has 1 aromatic heterocycles. The van der Waals surface area contributed by atoms with Crippen LogP contribution in [0.25, 0.3) is 0 Å². The van der Waals surface area contributed by atoms with Gasteiger partial charge in [0.15, 0.2) is 0 Å². The molecule has 0 saturated heterocycles. The van der Waals surface area contributed by atoms with Crippen molar-refractivity contribution in [3.8, 4) is 0 Å². The first-order chi connectivity index (χ1) is 13.6. The zero-order valence-corrected chi connectivity index (χ0v) is 17.8. The van der Waals surface area contributed by atoms with Gasteiger partial charge in [-0.15, -0.1) is 0 Å². The first-order valence-corrected chi connectivity index (χ1v) is 9.68. The van der Waals surface area contributed by atoms with Crippen LogP contribution < -0.4 is 10.6 Å². The molecule has 0 radical (unpaired) electrons. The van der Waals surface area contributed by atoms with Crippen LogP contribution in [0.5, 0.6) is 0 Å². The zero-order chi connectivity index (χ0) is 21.7. The number of carbonyl (C=O) groups is 3. The monoisotopic (exact) mass is 399 g/mol. The molecule has 2 amide bonds. The van der Waals surface area contributed by atoms with Crippen molar-refractivity contribution in [2.75, 3.05) is 5.32 Å². The first kappa shape index (κ1) is 22.2. The van der Waals surface area contributed by atoms with E-state index in [0.717, 1.165) is 5.56 Å². The average Bonchev–Trinajstić information content (AvgIpc) is 2.94. The number of aromatic nitrogens is 1. The van der Waals surface area contributed by atoms with Crippen molar-refractivity contribution in [2.45, 2.75) is 54.2 Å². The number of H-pyrrole nitrogens is 1. The molecular formula is C22H29N3O4. The summed E-state index contributed by atoms with van der Waals surface area (Å²) < 4.78 is 5.25. The van der Waals surface area contributed by atoms with Crippen LogP contribution in [0, 0.1) is 19.8 Å². The fourth-order valence-electron chi connectivity index (χ4n) is 2.82. The van der Waals surface area contributed by atoms with E-state index in [0.29, 0.717) is 34.7 Å². The van der Waals surface area contributed by atoms with E-state index < -0.39 is 5.97 Å². The predicted octanol–water partition coefficient (Wildman–Crippen LogP) is 3.72. The van der Waals surface area contributed by atoms with E-state index in [2.05, 4.69) is 15.6 Å². The molecule has 1 aromatic carbocycles. The number of aryl methyl sites for hydroxylation is 1. The Morgan fingerprint density at radius 3 is 2.21 bits per heavy atom. The summed E-state index contributed by atoms with van der Waals surface area (Å²) in [6.45, 7) is 11.0. The molecule has 0 saturated carbocycles. The standard InChI is InChI=1S/C22H29N3O4/c1-12(2)20(26)25-17-9-7-16(8-10-17)11-23-21(27)19-14(5)18(15(6)24-19)22(28)29-13(3)4/h7-10,12-13,24H,11H2,1-6H3,(H,23,27)(H,25,26). The van der Waals surface area contributed by atoms with Crippen LogP contribution in [-0.4, -0.2) is 28.9 Å². The molecular weight excluding hydrogens is 370 g/mol. The summed E-state index contributed by atoms with van der Waals surface area (Å²) in [5.74, 6) is -0.879. The lowest BCUT2D eigenvalue weighted by atomic mass is 10.1. The predicted molar refractivity (Wildman–Crippen MR) is 112 cm³/mol. The Balaban J connectivity index is 2.02. The van der Waals surface area contributed by atoms with E-state index in [1.807, 2.05) is 26.0 Å². The number of aromatic amines is 1. The number of hydrogen-bond acceptors (Lipinski definition) is 4. The minimum absolute atomic E-state index is 0.0459. The van der Waals surface area contributed by atoms with Gasteiger partial charge in [0, 0.05) is 23.8 Å². The minimum Gasteiger partial charge on any atom is -0.459 e. The molecule has 7 nitrogen and oxygen atoms in total. The molecule has 29 heavy (non-hydrogen) atoms. The molecule has 0 atom stereocenters. The van der Waals surface area contributed by atoms with E-state index in [9.17, 15) is 14.4 Å². The topological polar surface area (TPSA) is 100 Å². The highest BCUT2D eigenvalue weighted by molar-refractivity contribution is 6.00. The molecule has 2 aromatic rings. The van der Waals surface area contributed by atoms with Crippen molar-refractivity contribution < 1.29 is 19.1 Å². The number of esters is 1. The van der Waals surface area contributed by atoms with Crippen molar-refractivity contribution in [3.63, 3.8) is 0 Å². The summed E-state index contributed by atoms with van der Waals surface area (Å²) >= 11 is 0. The average molecular weight is 399 g/mol. The fourth-order valence-corrected chi connectivity index (χ4v) is 2.82. The van der Waals surface area contributed by atoms with E-state index in [-0.39, 0.29) is 23.8 Å². The van der Waals surface area contributed by atoms with Gasteiger partial charge in [0.25, 0.3) is 5.91 Å². The third-order valence-electron chi connectivity index (χ3n) is 4.41. The van der Waals surface area contributed by atoms with Crippen LogP contribution in [-0.2, 0) is 16.1 Å². The van der Waals surface area contributed by atoms with Gasteiger partial charge < -0.3 is 20.4 Å². The lowest BCUT2D eigenvalue weighted by Gasteiger charge is -2.09. The Bertz CT molecular complexity index is 896. The first-order valence-electron chi connectivity index (χ1n) is 9.68. The molecule has 0 bridgehead atoms. The maximum Gasteiger partial charge on any atom is 0.340 e. The molecule has 1 heterocycles. The number of ether oxygens (including phenoxy) is 1. The third-order valence-corrected chi connectivity index (χ3v) is 4.41. The van der Waals surface area contributed by atoms with Gasteiger partial charge in [0.2, 0.25) is 5.91 Å². The summed E-state index contributed by atoms with van der Waals surface area (Å²) in [6.07, 6.45) is -0.234. The number of rotatable bonds is 7. The molecule has 2 rings (SSSR count). The van der Waals surface area contributed by atoms with Crippen LogP contribution >= 0.6 is 0 Å². The highest BCUT2D eigenvalue weighted by atomic mass is 16.5. The fraction of sp³-hybridized carbons (Fsp3) is 0.409. The largest absolute Gasteiger partial charge is 0.459 e. The van der Waals surface area contributed by atoms with Crippen molar-refractivity contribution in [1.82, 2.24) is 10.3 Å². The Kier molecular flexibility index (Phi) is 7.20. The third kappa shape index (κ3) is 5.70. The van der Waals surface area contributed by atoms with E-state index in [4.69, 9.17) is 4.74 Å². The second-order valence-electron chi connectivity index (χ2n) is 7.60. The second kappa shape index (κ2) is 9.41. The van der Waals surface area contributed by atoms with Crippen molar-refractivity contribution in [2.24, 2.45) is 5.92 Å². The number of benzene rings is 1. The van der Waals surface area contributed by atoms with Gasteiger partial charge in [-0.1, -0.05) is 26.0 Å². The highest BCUT2D eigenvalue weighted by Gasteiger charge is 2.23. The van der Waals surface area contributed by atoms with E-state index >= 15 is 0 Å². The van der Waals surface area contributed by atoms with Gasteiger partial charge in [-0.25, -0.2) is 4.79 Å². The summed E-state index contributed by atoms with van der Waals surface area (Å²) in [4.78, 5) is 39.6. The van der Waals surface area contributed by atoms with E-state index in [1.54, 1.807) is 39.8 Å². The van der Waals surface area contributed by atoms with Gasteiger partial charge in [-0.05, 0) is 51.0 Å². The zero-order valence-electron chi connectivity index (χ0n) is 17.8.